The molecule has 1 N–H and O–H groups in total. The molecule has 0 aliphatic carbocycles. The Morgan fingerprint density at radius 1 is 1.47 bits per heavy atom. The number of nitrogens with one attached hydrogen (secondary N) is 1. The summed E-state index contributed by atoms with van der Waals surface area (Å²) in [6.07, 6.45) is 3.12. The zero-order valence-electron chi connectivity index (χ0n) is 10.5. The van der Waals surface area contributed by atoms with Crippen LogP contribution in [-0.4, -0.2) is 24.8 Å². The molecule has 0 aliphatic heterocycles. The summed E-state index contributed by atoms with van der Waals surface area (Å²) in [4.78, 5) is 0. The second-order valence-electron chi connectivity index (χ2n) is 4.21. The van der Waals surface area contributed by atoms with Crippen molar-refractivity contribution in [1.29, 1.82) is 5.26 Å². The van der Waals surface area contributed by atoms with Crippen LogP contribution < -0.4 is 5.32 Å². The molecule has 0 aromatic rings. The van der Waals surface area contributed by atoms with Crippen LogP contribution in [0, 0.1) is 11.3 Å². The zero-order chi connectivity index (χ0) is 11.7. The Morgan fingerprint density at radius 2 is 2.13 bits per heavy atom. The Bertz CT molecular complexity index is 200. The predicted molar refractivity (Wildman–Crippen MR) is 62.6 cm³/mol. The normalized spacial score (nSPS) is 16.7. The van der Waals surface area contributed by atoms with Crippen molar-refractivity contribution in [1.82, 2.24) is 5.32 Å². The number of hydrogen-bond acceptors (Lipinski definition) is 3. The number of nitrogens with zero attached hydrogens (tertiary/aromatic N) is 1. The van der Waals surface area contributed by atoms with Crippen LogP contribution in [0.4, 0.5) is 0 Å². The van der Waals surface area contributed by atoms with E-state index in [1.165, 1.54) is 0 Å². The van der Waals surface area contributed by atoms with Crippen molar-refractivity contribution in [3.63, 3.8) is 0 Å². The minimum Gasteiger partial charge on any atom is -0.378 e. The molecule has 0 radical (unpaired) electrons. The van der Waals surface area contributed by atoms with E-state index in [2.05, 4.69) is 18.3 Å². The molecule has 3 nitrogen and oxygen atoms in total. The standard InChI is InChI=1S/C12H24N2O/c1-5-7-8-15-11(3)9-12(4,10-13)14-6-2/h11,14H,5-9H2,1-4H3. The fourth-order valence-corrected chi connectivity index (χ4v) is 1.61. The lowest BCUT2D eigenvalue weighted by Crippen LogP contribution is -2.43. The third-order valence-electron chi connectivity index (χ3n) is 2.41. The van der Waals surface area contributed by atoms with E-state index >= 15 is 0 Å². The van der Waals surface area contributed by atoms with E-state index in [0.29, 0.717) is 0 Å². The van der Waals surface area contributed by atoms with Gasteiger partial charge in [0.25, 0.3) is 0 Å². The molecule has 0 spiro atoms. The third-order valence-corrected chi connectivity index (χ3v) is 2.41. The Hall–Kier alpha value is -0.590. The van der Waals surface area contributed by atoms with Gasteiger partial charge in [-0.15, -0.1) is 0 Å². The van der Waals surface area contributed by atoms with Gasteiger partial charge in [-0.25, -0.2) is 0 Å². The molecule has 0 saturated heterocycles. The molecular weight excluding hydrogens is 188 g/mol. The number of hydrogen-bond donors (Lipinski definition) is 1. The van der Waals surface area contributed by atoms with Gasteiger partial charge in [0.2, 0.25) is 0 Å². The first-order chi connectivity index (χ1) is 7.08. The highest BCUT2D eigenvalue weighted by Gasteiger charge is 2.25. The molecule has 0 amide bonds. The van der Waals surface area contributed by atoms with E-state index in [9.17, 15) is 0 Å². The molecule has 88 valence electrons. The number of rotatable bonds is 8. The fourth-order valence-electron chi connectivity index (χ4n) is 1.61. The summed E-state index contributed by atoms with van der Waals surface area (Å²) in [5.41, 5.74) is -0.458. The summed E-state index contributed by atoms with van der Waals surface area (Å²) in [6.45, 7) is 9.72. The summed E-state index contributed by atoms with van der Waals surface area (Å²) >= 11 is 0. The maximum atomic E-state index is 9.07. The maximum absolute atomic E-state index is 9.07. The lowest BCUT2D eigenvalue weighted by Gasteiger charge is -2.26. The summed E-state index contributed by atoms with van der Waals surface area (Å²) < 4.78 is 5.64. The van der Waals surface area contributed by atoms with Crippen LogP contribution in [0.5, 0.6) is 0 Å². The highest BCUT2D eigenvalue weighted by molar-refractivity contribution is 5.04. The quantitative estimate of drug-likeness (QED) is 0.629. The van der Waals surface area contributed by atoms with E-state index in [1.807, 2.05) is 20.8 Å². The zero-order valence-corrected chi connectivity index (χ0v) is 10.5. The van der Waals surface area contributed by atoms with Crippen LogP contribution in [0.1, 0.15) is 47.0 Å². The average molecular weight is 212 g/mol. The Labute approximate surface area is 93.8 Å². The molecule has 0 saturated carbocycles. The Morgan fingerprint density at radius 3 is 2.60 bits per heavy atom. The second kappa shape index (κ2) is 7.67. The number of ether oxygens (including phenoxy) is 1. The van der Waals surface area contributed by atoms with Crippen LogP contribution in [0.2, 0.25) is 0 Å². The smallest absolute Gasteiger partial charge is 0.106 e. The Kier molecular flexibility index (Phi) is 7.37. The van der Waals surface area contributed by atoms with Crippen molar-refractivity contribution in [3.05, 3.63) is 0 Å². The molecule has 0 aliphatic rings. The molecular formula is C12H24N2O. The summed E-state index contributed by atoms with van der Waals surface area (Å²) in [5, 5.41) is 12.3. The first-order valence-electron chi connectivity index (χ1n) is 5.85. The van der Waals surface area contributed by atoms with Crippen LogP contribution in [0.25, 0.3) is 0 Å². The minimum absolute atomic E-state index is 0.139. The van der Waals surface area contributed by atoms with Gasteiger partial charge in [0.1, 0.15) is 5.54 Å². The average Bonchev–Trinajstić information content (AvgIpc) is 2.18. The van der Waals surface area contributed by atoms with E-state index in [-0.39, 0.29) is 6.10 Å². The molecule has 15 heavy (non-hydrogen) atoms. The lowest BCUT2D eigenvalue weighted by atomic mass is 9.96. The van der Waals surface area contributed by atoms with Crippen LogP contribution in [0.3, 0.4) is 0 Å². The first-order valence-corrected chi connectivity index (χ1v) is 5.85. The van der Waals surface area contributed by atoms with Gasteiger partial charge in [-0.1, -0.05) is 20.3 Å². The summed E-state index contributed by atoms with van der Waals surface area (Å²) in [7, 11) is 0. The van der Waals surface area contributed by atoms with Gasteiger partial charge < -0.3 is 4.74 Å². The second-order valence-corrected chi connectivity index (χ2v) is 4.21. The molecule has 0 heterocycles. The van der Waals surface area contributed by atoms with E-state index < -0.39 is 5.54 Å². The van der Waals surface area contributed by atoms with Crippen molar-refractivity contribution >= 4 is 0 Å². The van der Waals surface area contributed by atoms with Crippen LogP contribution in [0.15, 0.2) is 0 Å². The van der Waals surface area contributed by atoms with Gasteiger partial charge in [0.05, 0.1) is 12.2 Å². The highest BCUT2D eigenvalue weighted by atomic mass is 16.5. The molecule has 0 aromatic heterocycles. The highest BCUT2D eigenvalue weighted by Crippen LogP contribution is 2.13. The largest absolute Gasteiger partial charge is 0.378 e. The van der Waals surface area contributed by atoms with Gasteiger partial charge in [0.15, 0.2) is 0 Å². The van der Waals surface area contributed by atoms with Gasteiger partial charge in [0, 0.05) is 13.0 Å². The van der Waals surface area contributed by atoms with Crippen molar-refractivity contribution in [2.75, 3.05) is 13.2 Å². The summed E-state index contributed by atoms with van der Waals surface area (Å²) in [5.74, 6) is 0. The first kappa shape index (κ1) is 14.4. The van der Waals surface area contributed by atoms with Gasteiger partial charge in [-0.05, 0) is 26.8 Å². The maximum Gasteiger partial charge on any atom is 0.106 e. The van der Waals surface area contributed by atoms with E-state index in [4.69, 9.17) is 10.00 Å². The van der Waals surface area contributed by atoms with Crippen molar-refractivity contribution < 1.29 is 4.74 Å². The molecule has 0 bridgehead atoms. The minimum atomic E-state index is -0.458. The van der Waals surface area contributed by atoms with Crippen molar-refractivity contribution in [2.45, 2.75) is 58.6 Å². The van der Waals surface area contributed by atoms with E-state index in [1.54, 1.807) is 0 Å². The van der Waals surface area contributed by atoms with Gasteiger partial charge in [-0.2, -0.15) is 5.26 Å². The molecule has 2 atom stereocenters. The number of unbranched alkanes of at least 4 members (excludes halogenated alkanes) is 1. The van der Waals surface area contributed by atoms with Gasteiger partial charge in [-0.3, -0.25) is 5.32 Å². The molecule has 2 unspecified atom stereocenters. The van der Waals surface area contributed by atoms with Crippen molar-refractivity contribution in [2.24, 2.45) is 0 Å². The van der Waals surface area contributed by atoms with E-state index in [0.717, 1.165) is 32.4 Å². The Balaban J connectivity index is 3.91. The summed E-state index contributed by atoms with van der Waals surface area (Å²) in [6, 6.07) is 2.31. The predicted octanol–water partition coefficient (Wildman–Crippen LogP) is 2.47. The fraction of sp³-hybridized carbons (Fsp3) is 0.917. The molecule has 0 aromatic carbocycles. The van der Waals surface area contributed by atoms with Crippen LogP contribution in [-0.2, 0) is 4.74 Å². The molecule has 0 rings (SSSR count). The lowest BCUT2D eigenvalue weighted by molar-refractivity contribution is 0.0461. The number of nitriles is 1. The van der Waals surface area contributed by atoms with Gasteiger partial charge >= 0.3 is 0 Å². The third kappa shape index (κ3) is 6.48. The SMILES string of the molecule is CCCCOC(C)CC(C)(C#N)NCC. The molecule has 0 fully saturated rings. The monoisotopic (exact) mass is 212 g/mol. The molecule has 3 heteroatoms. The van der Waals surface area contributed by atoms with Crippen LogP contribution >= 0.6 is 0 Å². The van der Waals surface area contributed by atoms with Crippen molar-refractivity contribution in [3.8, 4) is 6.07 Å². The topological polar surface area (TPSA) is 45.0 Å².